The van der Waals surface area contributed by atoms with Gasteiger partial charge in [-0.1, -0.05) is 12.1 Å². The minimum Gasteiger partial charge on any atom is -0.493 e. The summed E-state index contributed by atoms with van der Waals surface area (Å²) in [5.41, 5.74) is 1.79. The molecule has 1 aliphatic rings. The molecule has 0 unspecified atom stereocenters. The van der Waals surface area contributed by atoms with Crippen LogP contribution in [0.1, 0.15) is 40.4 Å². The number of ether oxygens (including phenoxy) is 2. The summed E-state index contributed by atoms with van der Waals surface area (Å²) in [6, 6.07) is 10.2. The van der Waals surface area contributed by atoms with Crippen molar-refractivity contribution in [3.8, 4) is 11.5 Å². The van der Waals surface area contributed by atoms with Gasteiger partial charge in [-0.3, -0.25) is 14.9 Å². The molecule has 1 fully saturated rings. The lowest BCUT2D eigenvalue weighted by Gasteiger charge is -2.26. The van der Waals surface area contributed by atoms with Crippen molar-refractivity contribution in [2.45, 2.75) is 25.8 Å². The van der Waals surface area contributed by atoms with Crippen LogP contribution in [0.5, 0.6) is 11.5 Å². The van der Waals surface area contributed by atoms with E-state index < -0.39 is 4.92 Å². The Morgan fingerprint density at radius 2 is 1.89 bits per heavy atom. The van der Waals surface area contributed by atoms with E-state index in [2.05, 4.69) is 0 Å². The third kappa shape index (κ3) is 3.58. The fraction of sp³-hybridized carbons (Fsp3) is 0.350. The van der Waals surface area contributed by atoms with E-state index in [4.69, 9.17) is 9.47 Å². The Labute approximate surface area is 157 Å². The van der Waals surface area contributed by atoms with Gasteiger partial charge in [0.2, 0.25) is 0 Å². The van der Waals surface area contributed by atoms with Crippen LogP contribution in [0.3, 0.4) is 0 Å². The number of nitro groups is 1. The van der Waals surface area contributed by atoms with Crippen LogP contribution in [-0.2, 0) is 0 Å². The van der Waals surface area contributed by atoms with E-state index in [9.17, 15) is 14.9 Å². The molecule has 7 heteroatoms. The summed E-state index contributed by atoms with van der Waals surface area (Å²) in [4.78, 5) is 25.5. The van der Waals surface area contributed by atoms with E-state index in [1.54, 1.807) is 38.2 Å². The summed E-state index contributed by atoms with van der Waals surface area (Å²) in [7, 11) is 3.15. The van der Waals surface area contributed by atoms with Gasteiger partial charge in [-0.25, -0.2) is 0 Å². The molecule has 0 spiro atoms. The molecule has 0 radical (unpaired) electrons. The number of benzene rings is 2. The van der Waals surface area contributed by atoms with Crippen LogP contribution in [0.2, 0.25) is 0 Å². The van der Waals surface area contributed by atoms with E-state index in [0.29, 0.717) is 29.2 Å². The maximum Gasteiger partial charge on any atom is 0.273 e. The van der Waals surface area contributed by atoms with Crippen molar-refractivity contribution in [2.24, 2.45) is 0 Å². The van der Waals surface area contributed by atoms with Gasteiger partial charge in [-0.15, -0.1) is 0 Å². The number of carbonyl (C=O) groups excluding carboxylic acids is 1. The van der Waals surface area contributed by atoms with Gasteiger partial charge in [0.05, 0.1) is 25.2 Å². The number of methoxy groups -OCH3 is 2. The Hall–Kier alpha value is -3.09. The molecule has 1 atom stereocenters. The average Bonchev–Trinajstić information content (AvgIpc) is 3.16. The summed E-state index contributed by atoms with van der Waals surface area (Å²) < 4.78 is 10.6. The largest absolute Gasteiger partial charge is 0.493 e. The Bertz CT molecular complexity index is 881. The third-order valence-electron chi connectivity index (χ3n) is 4.96. The summed E-state index contributed by atoms with van der Waals surface area (Å²) in [5.74, 6) is 1.04. The lowest BCUT2D eigenvalue weighted by atomic mass is 10.0. The SMILES string of the molecule is COc1ccc([C@@H]2CCCN2C(=O)c2ccc(C)c([N+](=O)[O-])c2)cc1OC. The lowest BCUT2D eigenvalue weighted by Crippen LogP contribution is -2.30. The lowest BCUT2D eigenvalue weighted by molar-refractivity contribution is -0.385. The van der Waals surface area contributed by atoms with Crippen molar-refractivity contribution in [3.63, 3.8) is 0 Å². The molecule has 0 aromatic heterocycles. The third-order valence-corrected chi connectivity index (χ3v) is 4.96. The molecule has 0 saturated carbocycles. The Morgan fingerprint density at radius 1 is 1.15 bits per heavy atom. The number of likely N-dealkylation sites (tertiary alicyclic amines) is 1. The second kappa shape index (κ2) is 7.65. The zero-order valence-electron chi connectivity index (χ0n) is 15.6. The first-order valence-electron chi connectivity index (χ1n) is 8.74. The standard InChI is InChI=1S/C20H22N2O5/c1-13-6-7-15(11-17(13)22(24)25)20(23)21-10-4-5-16(21)14-8-9-18(26-2)19(12-14)27-3/h6-9,11-12,16H,4-5,10H2,1-3H3/t16-/m0/s1. The van der Waals surface area contributed by atoms with Crippen LogP contribution in [0.4, 0.5) is 5.69 Å². The molecule has 0 aliphatic carbocycles. The molecule has 142 valence electrons. The number of aryl methyl sites for hydroxylation is 1. The topological polar surface area (TPSA) is 81.9 Å². The molecule has 2 aromatic carbocycles. The first kappa shape index (κ1) is 18.7. The molecule has 1 amide bonds. The van der Waals surface area contributed by atoms with Crippen molar-refractivity contribution in [1.29, 1.82) is 0 Å². The Balaban J connectivity index is 1.91. The van der Waals surface area contributed by atoms with E-state index >= 15 is 0 Å². The summed E-state index contributed by atoms with van der Waals surface area (Å²) in [5, 5.41) is 11.2. The molecule has 0 bridgehead atoms. The molecule has 3 rings (SSSR count). The second-order valence-corrected chi connectivity index (χ2v) is 6.53. The second-order valence-electron chi connectivity index (χ2n) is 6.53. The zero-order valence-corrected chi connectivity index (χ0v) is 15.6. The Morgan fingerprint density at radius 3 is 2.56 bits per heavy atom. The number of nitrogens with zero attached hydrogens (tertiary/aromatic N) is 2. The maximum absolute atomic E-state index is 13.0. The first-order chi connectivity index (χ1) is 13.0. The van der Waals surface area contributed by atoms with Gasteiger partial charge in [0.1, 0.15) is 0 Å². The van der Waals surface area contributed by atoms with E-state index in [-0.39, 0.29) is 17.6 Å². The molecule has 0 N–H and O–H groups in total. The highest BCUT2D eigenvalue weighted by Crippen LogP contribution is 2.37. The quantitative estimate of drug-likeness (QED) is 0.589. The molecule has 1 saturated heterocycles. The van der Waals surface area contributed by atoms with Gasteiger partial charge in [-0.05, 0) is 43.5 Å². The molecule has 27 heavy (non-hydrogen) atoms. The average molecular weight is 370 g/mol. The number of rotatable bonds is 5. The highest BCUT2D eigenvalue weighted by molar-refractivity contribution is 5.95. The maximum atomic E-state index is 13.0. The van der Waals surface area contributed by atoms with Gasteiger partial charge in [0.15, 0.2) is 11.5 Å². The number of hydrogen-bond donors (Lipinski definition) is 0. The summed E-state index contributed by atoms with van der Waals surface area (Å²) in [6.45, 7) is 2.27. The van der Waals surface area contributed by atoms with Crippen molar-refractivity contribution in [3.05, 3.63) is 63.2 Å². The normalized spacial score (nSPS) is 16.3. The van der Waals surface area contributed by atoms with Gasteiger partial charge in [-0.2, -0.15) is 0 Å². The molecule has 1 heterocycles. The number of nitro benzene ring substituents is 1. The minimum absolute atomic E-state index is 0.0392. The van der Waals surface area contributed by atoms with E-state index in [1.807, 2.05) is 18.2 Å². The van der Waals surface area contributed by atoms with Crippen molar-refractivity contribution in [1.82, 2.24) is 4.90 Å². The first-order valence-corrected chi connectivity index (χ1v) is 8.74. The van der Waals surface area contributed by atoms with Crippen molar-refractivity contribution in [2.75, 3.05) is 20.8 Å². The van der Waals surface area contributed by atoms with Crippen molar-refractivity contribution >= 4 is 11.6 Å². The fourth-order valence-electron chi connectivity index (χ4n) is 3.52. The van der Waals surface area contributed by atoms with Crippen LogP contribution >= 0.6 is 0 Å². The molecule has 1 aliphatic heterocycles. The Kier molecular flexibility index (Phi) is 5.30. The van der Waals surface area contributed by atoms with Crippen LogP contribution in [0.15, 0.2) is 36.4 Å². The van der Waals surface area contributed by atoms with Crippen LogP contribution in [0, 0.1) is 17.0 Å². The predicted molar refractivity (Wildman–Crippen MR) is 100 cm³/mol. The molecular formula is C20H22N2O5. The van der Waals surface area contributed by atoms with Gasteiger partial charge in [0.25, 0.3) is 11.6 Å². The van der Waals surface area contributed by atoms with Crippen molar-refractivity contribution < 1.29 is 19.2 Å². The number of amides is 1. The molecular weight excluding hydrogens is 348 g/mol. The minimum atomic E-state index is -0.456. The predicted octanol–water partition coefficient (Wildman–Crippen LogP) is 3.90. The zero-order chi connectivity index (χ0) is 19.6. The summed E-state index contributed by atoms with van der Waals surface area (Å²) >= 11 is 0. The summed E-state index contributed by atoms with van der Waals surface area (Å²) in [6.07, 6.45) is 1.70. The van der Waals surface area contributed by atoms with Gasteiger partial charge in [0, 0.05) is 23.7 Å². The smallest absolute Gasteiger partial charge is 0.273 e. The van der Waals surface area contributed by atoms with Gasteiger partial charge < -0.3 is 14.4 Å². The van der Waals surface area contributed by atoms with Crippen LogP contribution in [-0.4, -0.2) is 36.5 Å². The fourth-order valence-corrected chi connectivity index (χ4v) is 3.52. The van der Waals surface area contributed by atoms with Crippen LogP contribution < -0.4 is 9.47 Å². The molecule has 7 nitrogen and oxygen atoms in total. The highest BCUT2D eigenvalue weighted by Gasteiger charge is 2.32. The van der Waals surface area contributed by atoms with Gasteiger partial charge >= 0.3 is 0 Å². The van der Waals surface area contributed by atoms with E-state index in [1.165, 1.54) is 6.07 Å². The van der Waals surface area contributed by atoms with E-state index in [0.717, 1.165) is 18.4 Å². The molecule has 2 aromatic rings. The highest BCUT2D eigenvalue weighted by atomic mass is 16.6. The number of carbonyl (C=O) groups is 1. The van der Waals surface area contributed by atoms with Crippen LogP contribution in [0.25, 0.3) is 0 Å². The monoisotopic (exact) mass is 370 g/mol. The number of hydrogen-bond acceptors (Lipinski definition) is 5.